The summed E-state index contributed by atoms with van der Waals surface area (Å²) in [4.78, 5) is 0. The molecule has 0 radical (unpaired) electrons. The number of hydrogen-bond acceptors (Lipinski definition) is 27. The second kappa shape index (κ2) is 24.3. The van der Waals surface area contributed by atoms with E-state index in [2.05, 4.69) is 0 Å². The summed E-state index contributed by atoms with van der Waals surface area (Å²) in [7, 11) is 0. The van der Waals surface area contributed by atoms with Gasteiger partial charge in [0.2, 0.25) is 0 Å². The van der Waals surface area contributed by atoms with E-state index >= 15 is 0 Å². The molecule has 25 atom stereocenters. The van der Waals surface area contributed by atoms with Gasteiger partial charge in [0.25, 0.3) is 0 Å². The van der Waals surface area contributed by atoms with Crippen LogP contribution in [-0.4, -0.2) is 281 Å². The highest BCUT2D eigenvalue weighted by atomic mass is 16.8. The van der Waals surface area contributed by atoms with Crippen LogP contribution in [0.2, 0.25) is 0 Å². The molecule has 5 aliphatic rings. The van der Waals surface area contributed by atoms with Crippen molar-refractivity contribution in [1.82, 2.24) is 0 Å². The first-order chi connectivity index (χ1) is 30.1. The lowest BCUT2D eigenvalue weighted by atomic mass is 9.95. The Morgan fingerprint density at radius 2 is 0.603 bits per heavy atom. The maximum Gasteiger partial charge on any atom is 0.187 e. The molecule has 0 aromatic carbocycles. The summed E-state index contributed by atoms with van der Waals surface area (Å²) < 4.78 is 55.9. The van der Waals surface area contributed by atoms with E-state index in [1.54, 1.807) is 0 Å². The highest BCUT2D eigenvalue weighted by Gasteiger charge is 2.56. The predicted molar refractivity (Wildman–Crippen MR) is 198 cm³/mol. The smallest absolute Gasteiger partial charge is 0.187 e. The van der Waals surface area contributed by atoms with Gasteiger partial charge in [-0.25, -0.2) is 0 Å². The van der Waals surface area contributed by atoms with E-state index in [0.29, 0.717) is 13.0 Å². The lowest BCUT2D eigenvalue weighted by Gasteiger charge is -2.49. The van der Waals surface area contributed by atoms with Crippen molar-refractivity contribution in [1.29, 1.82) is 0 Å². The molecule has 0 spiro atoms. The second-order valence-corrected chi connectivity index (χ2v) is 16.0. The molecule has 0 aromatic heterocycles. The average Bonchev–Trinajstić information content (AvgIpc) is 3.28. The van der Waals surface area contributed by atoms with Gasteiger partial charge in [-0.2, -0.15) is 0 Å². The van der Waals surface area contributed by atoms with Crippen LogP contribution in [-0.2, 0) is 47.4 Å². The van der Waals surface area contributed by atoms with Crippen LogP contribution in [0.4, 0.5) is 0 Å². The van der Waals surface area contributed by atoms with Crippen LogP contribution in [0.3, 0.4) is 0 Å². The van der Waals surface area contributed by atoms with Gasteiger partial charge in [0, 0.05) is 6.61 Å². The number of hydrogen-bond donors (Lipinski definition) is 17. The SMILES string of the molecule is NCCCCCCO[C@H]1OC(CO)[C@@H](O[C@@H]2OC(CO)[C@@H](O[C@@H]3OC(CO)[C@@H](O[C@H]4OC(CO)[C@H](O[C@H]5OC(CO)[C@@H](O)[C@H](O)C5O)[C@H](O)C4O)[C@H](O)C3O)[C@H](O)C2O)[C@H](O)C1O. The number of aliphatic hydroxyl groups excluding tert-OH is 16. The topological polar surface area (TPSA) is 442 Å². The zero-order valence-electron chi connectivity index (χ0n) is 34.0. The zero-order valence-corrected chi connectivity index (χ0v) is 34.0. The number of nitrogens with two attached hydrogens (primary N) is 1. The Balaban J connectivity index is 1.19. The summed E-state index contributed by atoms with van der Waals surface area (Å²) in [5, 5.41) is 169. The van der Waals surface area contributed by atoms with Gasteiger partial charge < -0.3 is 135 Å². The predicted octanol–water partition coefficient (Wildman–Crippen LogP) is -10.4. The summed E-state index contributed by atoms with van der Waals surface area (Å²) in [6.45, 7) is -3.70. The Labute approximate surface area is 360 Å². The molecular formula is C36H65NO26. The van der Waals surface area contributed by atoms with Crippen LogP contribution in [0.15, 0.2) is 0 Å². The van der Waals surface area contributed by atoms with Crippen molar-refractivity contribution < 1.29 is 129 Å². The first-order valence-corrected chi connectivity index (χ1v) is 20.8. The van der Waals surface area contributed by atoms with Crippen molar-refractivity contribution >= 4 is 0 Å². The highest BCUT2D eigenvalue weighted by Crippen LogP contribution is 2.35. The number of rotatable bonds is 20. The minimum absolute atomic E-state index is 0.158. The Kier molecular flexibility index (Phi) is 20.4. The fraction of sp³-hybridized carbons (Fsp3) is 1.00. The molecule has 5 saturated heterocycles. The minimum atomic E-state index is -2.11. The van der Waals surface area contributed by atoms with E-state index < -0.39 is 187 Å². The summed E-state index contributed by atoms with van der Waals surface area (Å²) >= 11 is 0. The number of aliphatic hydroxyl groups is 16. The van der Waals surface area contributed by atoms with Gasteiger partial charge >= 0.3 is 0 Å². The Morgan fingerprint density at radius 1 is 0.317 bits per heavy atom. The number of unbranched alkanes of at least 4 members (excludes halogenated alkanes) is 3. The molecule has 370 valence electrons. The molecule has 27 nitrogen and oxygen atoms in total. The van der Waals surface area contributed by atoms with E-state index in [0.717, 1.165) is 19.3 Å². The summed E-state index contributed by atoms with van der Waals surface area (Å²) in [6.07, 6.45) is -41.5. The van der Waals surface area contributed by atoms with Crippen molar-refractivity contribution in [3.63, 3.8) is 0 Å². The van der Waals surface area contributed by atoms with Gasteiger partial charge in [0.05, 0.1) is 33.0 Å². The molecule has 0 amide bonds. The Morgan fingerprint density at radius 3 is 0.937 bits per heavy atom. The van der Waals surface area contributed by atoms with E-state index in [4.69, 9.17) is 53.1 Å². The summed E-state index contributed by atoms with van der Waals surface area (Å²) in [5.74, 6) is 0. The minimum Gasteiger partial charge on any atom is -0.394 e. The highest BCUT2D eigenvalue weighted by molar-refractivity contribution is 4.99. The molecule has 5 aliphatic heterocycles. The molecular weight excluding hydrogens is 862 g/mol. The van der Waals surface area contributed by atoms with Crippen molar-refractivity contribution in [2.75, 3.05) is 46.2 Å². The molecule has 10 unspecified atom stereocenters. The lowest BCUT2D eigenvalue weighted by Crippen LogP contribution is -2.68. The number of ether oxygens (including phenoxy) is 10. The van der Waals surface area contributed by atoms with E-state index in [1.807, 2.05) is 0 Å². The molecule has 27 heteroatoms. The fourth-order valence-electron chi connectivity index (χ4n) is 7.96. The molecule has 5 rings (SSSR count). The molecule has 0 bridgehead atoms. The van der Waals surface area contributed by atoms with Gasteiger partial charge in [-0.05, 0) is 19.4 Å². The molecule has 0 aromatic rings. The lowest BCUT2D eigenvalue weighted by molar-refractivity contribution is -0.393. The van der Waals surface area contributed by atoms with Gasteiger partial charge in [0.15, 0.2) is 31.5 Å². The van der Waals surface area contributed by atoms with Crippen LogP contribution < -0.4 is 5.73 Å². The Hall–Kier alpha value is -1.08. The Bertz CT molecular complexity index is 1320. The normalized spacial score (nSPS) is 48.6. The van der Waals surface area contributed by atoms with Gasteiger partial charge in [-0.15, -0.1) is 0 Å². The van der Waals surface area contributed by atoms with Gasteiger partial charge in [-0.3, -0.25) is 0 Å². The van der Waals surface area contributed by atoms with Crippen molar-refractivity contribution in [3.05, 3.63) is 0 Å². The van der Waals surface area contributed by atoms with E-state index in [-0.39, 0.29) is 6.61 Å². The van der Waals surface area contributed by atoms with Crippen LogP contribution in [0.5, 0.6) is 0 Å². The second-order valence-electron chi connectivity index (χ2n) is 16.0. The third-order valence-corrected chi connectivity index (χ3v) is 11.7. The monoisotopic (exact) mass is 927 g/mol. The molecule has 63 heavy (non-hydrogen) atoms. The average molecular weight is 928 g/mol. The zero-order chi connectivity index (χ0) is 46.3. The molecule has 5 heterocycles. The van der Waals surface area contributed by atoms with E-state index in [9.17, 15) is 81.7 Å². The molecule has 18 N–H and O–H groups in total. The largest absolute Gasteiger partial charge is 0.394 e. The quantitative estimate of drug-likeness (QED) is 0.0504. The third kappa shape index (κ3) is 12.0. The van der Waals surface area contributed by atoms with Crippen molar-refractivity contribution in [2.24, 2.45) is 5.73 Å². The van der Waals surface area contributed by atoms with Gasteiger partial charge in [0.1, 0.15) is 122 Å². The molecule has 0 aliphatic carbocycles. The van der Waals surface area contributed by atoms with Gasteiger partial charge in [-0.1, -0.05) is 12.8 Å². The van der Waals surface area contributed by atoms with Crippen LogP contribution >= 0.6 is 0 Å². The first-order valence-electron chi connectivity index (χ1n) is 20.8. The molecule has 0 saturated carbocycles. The maximum atomic E-state index is 11.2. The van der Waals surface area contributed by atoms with Crippen molar-refractivity contribution in [2.45, 2.75) is 179 Å². The maximum absolute atomic E-state index is 11.2. The summed E-state index contributed by atoms with van der Waals surface area (Å²) in [6, 6.07) is 0. The molecule has 5 fully saturated rings. The fourth-order valence-corrected chi connectivity index (χ4v) is 7.96. The van der Waals surface area contributed by atoms with Crippen molar-refractivity contribution in [3.8, 4) is 0 Å². The summed E-state index contributed by atoms with van der Waals surface area (Å²) in [5.41, 5.74) is 5.49. The van der Waals surface area contributed by atoms with Crippen LogP contribution in [0.1, 0.15) is 25.7 Å². The third-order valence-electron chi connectivity index (χ3n) is 11.7. The van der Waals surface area contributed by atoms with E-state index in [1.165, 1.54) is 0 Å². The van der Waals surface area contributed by atoms with Crippen LogP contribution in [0.25, 0.3) is 0 Å². The van der Waals surface area contributed by atoms with Crippen LogP contribution in [0, 0.1) is 0 Å². The first kappa shape index (κ1) is 52.9. The standard InChI is InChI=1S/C36H65NO26/c37-5-3-1-2-4-6-54-32-24(50)19(45)28(13(8-39)56-32)61-34-26(52)21(47)30(15(10-41)58-34)63-36-27(53)22(48)31(16(11-42)59-36)62-35-25(51)20(46)29(14(9-40)57-35)60-33-23(49)18(44)17(43)12(7-38)55-33/h12-36,38-53H,1-11,37H2/t12?,13?,14?,15?,16?,17-,18+,19-,20-,21-,22-,23?,24?,25?,26?,27?,28-,29+,30-,31-,32+,33-,34+,35-,36+/m1/s1.